The van der Waals surface area contributed by atoms with Crippen molar-refractivity contribution in [2.75, 3.05) is 11.4 Å². The Morgan fingerprint density at radius 2 is 1.94 bits per heavy atom. The van der Waals surface area contributed by atoms with Crippen molar-refractivity contribution >= 4 is 17.1 Å². The van der Waals surface area contributed by atoms with Gasteiger partial charge in [-0.1, -0.05) is 87.4 Å². The van der Waals surface area contributed by atoms with E-state index in [1.165, 1.54) is 0 Å². The van der Waals surface area contributed by atoms with Gasteiger partial charge in [0.25, 0.3) is 0 Å². The molecule has 0 atom stereocenters. The smallest absolute Gasteiger partial charge is 0.165 e. The highest BCUT2D eigenvalue weighted by Crippen LogP contribution is 2.30. The van der Waals surface area contributed by atoms with E-state index in [9.17, 15) is 5.26 Å². The molecule has 0 bridgehead atoms. The van der Waals surface area contributed by atoms with Gasteiger partial charge < -0.3 is 5.43 Å². The van der Waals surface area contributed by atoms with Crippen molar-refractivity contribution in [3.63, 3.8) is 0 Å². The number of hydrogen-bond donors (Lipinski definition) is 1. The SMILES string of the molecule is C=C/C=C(C1=NNCC(=C)N1c1cccc(C(=C)c2ccccc2)c1)\C(C#N)=C/CC. The number of nitrogens with one attached hydrogen (secondary N) is 1. The molecule has 3 rings (SSSR count). The Balaban J connectivity index is 2.07. The Kier molecular flexibility index (Phi) is 7.03. The molecule has 1 N–H and O–H groups in total. The third-order valence-corrected chi connectivity index (χ3v) is 4.92. The van der Waals surface area contributed by atoms with Gasteiger partial charge in [-0.25, -0.2) is 0 Å². The fraction of sp³-hybridized carbons (Fsp3) is 0.111. The number of hydrazone groups is 1. The maximum absolute atomic E-state index is 9.73. The van der Waals surface area contributed by atoms with Crippen molar-refractivity contribution in [3.8, 4) is 6.07 Å². The Morgan fingerprint density at radius 3 is 2.61 bits per heavy atom. The first-order valence-corrected chi connectivity index (χ1v) is 10.2. The summed E-state index contributed by atoms with van der Waals surface area (Å²) in [6.45, 7) is 14.8. The summed E-state index contributed by atoms with van der Waals surface area (Å²) in [5.74, 6) is 0.611. The van der Waals surface area contributed by atoms with Crippen molar-refractivity contribution in [2.24, 2.45) is 5.10 Å². The average Bonchev–Trinajstić information content (AvgIpc) is 2.81. The summed E-state index contributed by atoms with van der Waals surface area (Å²) in [7, 11) is 0. The van der Waals surface area contributed by atoms with E-state index < -0.39 is 0 Å². The quantitative estimate of drug-likeness (QED) is 0.456. The highest BCUT2D eigenvalue weighted by Gasteiger charge is 2.26. The van der Waals surface area contributed by atoms with Gasteiger partial charge in [0.1, 0.15) is 0 Å². The number of anilines is 1. The summed E-state index contributed by atoms with van der Waals surface area (Å²) < 4.78 is 0. The molecule has 0 radical (unpaired) electrons. The van der Waals surface area contributed by atoms with Gasteiger partial charge >= 0.3 is 0 Å². The van der Waals surface area contributed by atoms with E-state index in [0.717, 1.165) is 34.5 Å². The minimum Gasteiger partial charge on any atom is -0.302 e. The first-order valence-electron chi connectivity index (χ1n) is 10.2. The maximum Gasteiger partial charge on any atom is 0.165 e. The van der Waals surface area contributed by atoms with Gasteiger partial charge in [-0.2, -0.15) is 10.4 Å². The molecule has 0 aromatic heterocycles. The first kappa shape index (κ1) is 21.6. The molecule has 0 spiro atoms. The van der Waals surface area contributed by atoms with Gasteiger partial charge in [-0.15, -0.1) is 0 Å². The van der Waals surface area contributed by atoms with Crippen molar-refractivity contribution in [2.45, 2.75) is 13.3 Å². The van der Waals surface area contributed by atoms with Crippen LogP contribution in [0.2, 0.25) is 0 Å². The molecule has 2 aromatic rings. The largest absolute Gasteiger partial charge is 0.302 e. The van der Waals surface area contributed by atoms with Crippen LogP contribution < -0.4 is 10.3 Å². The van der Waals surface area contributed by atoms with E-state index >= 15 is 0 Å². The van der Waals surface area contributed by atoms with Crippen molar-refractivity contribution in [1.82, 2.24) is 5.43 Å². The summed E-state index contributed by atoms with van der Waals surface area (Å²) in [4.78, 5) is 1.98. The maximum atomic E-state index is 9.73. The number of nitrogens with zero attached hydrogens (tertiary/aromatic N) is 3. The van der Waals surface area contributed by atoms with E-state index in [2.05, 4.69) is 42.4 Å². The van der Waals surface area contributed by atoms with E-state index in [4.69, 9.17) is 0 Å². The van der Waals surface area contributed by atoms with Crippen LogP contribution in [-0.4, -0.2) is 12.4 Å². The van der Waals surface area contributed by atoms with Crippen LogP contribution in [0.25, 0.3) is 5.57 Å². The van der Waals surface area contributed by atoms with Crippen LogP contribution in [0.15, 0.2) is 115 Å². The highest BCUT2D eigenvalue weighted by molar-refractivity contribution is 6.15. The third kappa shape index (κ3) is 4.73. The Labute approximate surface area is 184 Å². The zero-order chi connectivity index (χ0) is 22.2. The van der Waals surface area contributed by atoms with Crippen LogP contribution in [0, 0.1) is 11.3 Å². The van der Waals surface area contributed by atoms with Crippen LogP contribution in [0.3, 0.4) is 0 Å². The van der Waals surface area contributed by atoms with Gasteiger partial charge in [0.2, 0.25) is 0 Å². The van der Waals surface area contributed by atoms with E-state index in [1.807, 2.05) is 72.5 Å². The number of allylic oxidation sites excluding steroid dienone is 3. The van der Waals surface area contributed by atoms with Crippen LogP contribution in [-0.2, 0) is 0 Å². The lowest BCUT2D eigenvalue weighted by Gasteiger charge is -2.32. The summed E-state index contributed by atoms with van der Waals surface area (Å²) in [5.41, 5.74) is 9.02. The van der Waals surface area contributed by atoms with Crippen LogP contribution >= 0.6 is 0 Å². The molecule has 0 amide bonds. The lowest BCUT2D eigenvalue weighted by Crippen LogP contribution is -2.41. The van der Waals surface area contributed by atoms with E-state index in [0.29, 0.717) is 23.5 Å². The second kappa shape index (κ2) is 10.1. The van der Waals surface area contributed by atoms with Crippen LogP contribution in [0.5, 0.6) is 0 Å². The summed E-state index contributed by atoms with van der Waals surface area (Å²) in [6.07, 6.45) is 6.11. The fourth-order valence-electron chi connectivity index (χ4n) is 3.43. The molecule has 0 aliphatic carbocycles. The minimum absolute atomic E-state index is 0.508. The molecular formula is C27H26N4. The number of nitriles is 1. The molecule has 1 aliphatic rings. The fourth-order valence-corrected chi connectivity index (χ4v) is 3.43. The molecule has 0 fully saturated rings. The molecule has 1 aliphatic heterocycles. The lowest BCUT2D eigenvalue weighted by molar-refractivity contribution is 0.758. The molecule has 1 heterocycles. The summed E-state index contributed by atoms with van der Waals surface area (Å²) in [5, 5.41) is 14.3. The van der Waals surface area contributed by atoms with Crippen molar-refractivity contribution in [3.05, 3.63) is 121 Å². The van der Waals surface area contributed by atoms with Gasteiger partial charge in [-0.05, 0) is 35.3 Å². The predicted molar refractivity (Wildman–Crippen MR) is 130 cm³/mol. The highest BCUT2D eigenvalue weighted by atomic mass is 15.4. The molecule has 31 heavy (non-hydrogen) atoms. The minimum atomic E-state index is 0.508. The molecule has 4 heteroatoms. The Bertz CT molecular complexity index is 1130. The number of hydrogen-bond acceptors (Lipinski definition) is 4. The number of amidine groups is 1. The van der Waals surface area contributed by atoms with Crippen molar-refractivity contribution < 1.29 is 0 Å². The van der Waals surface area contributed by atoms with E-state index in [-0.39, 0.29) is 0 Å². The second-order valence-corrected chi connectivity index (χ2v) is 7.02. The third-order valence-electron chi connectivity index (χ3n) is 4.92. The zero-order valence-corrected chi connectivity index (χ0v) is 17.8. The zero-order valence-electron chi connectivity index (χ0n) is 17.8. The van der Waals surface area contributed by atoms with Gasteiger partial charge in [0.15, 0.2) is 5.84 Å². The van der Waals surface area contributed by atoms with E-state index in [1.54, 1.807) is 6.08 Å². The molecule has 4 nitrogen and oxygen atoms in total. The average molecular weight is 407 g/mol. The monoisotopic (exact) mass is 406 g/mol. The number of rotatable bonds is 7. The molecule has 0 saturated heterocycles. The summed E-state index contributed by atoms with van der Waals surface area (Å²) in [6, 6.07) is 20.5. The molecule has 0 saturated carbocycles. The summed E-state index contributed by atoms with van der Waals surface area (Å²) >= 11 is 0. The predicted octanol–water partition coefficient (Wildman–Crippen LogP) is 5.96. The molecule has 154 valence electrons. The first-order chi connectivity index (χ1) is 15.1. The molecule has 0 unspecified atom stereocenters. The Morgan fingerprint density at radius 1 is 1.19 bits per heavy atom. The standard InChI is InChI=1S/C27H26N4/c1-5-11-24(18-28)26(12-6-2)27-30-29-19-20(3)31(27)25-16-10-15-23(17-25)21(4)22-13-8-7-9-14-22/h6-17,29H,2-5,19H2,1H3/b24-11-,26-12+. The van der Waals surface area contributed by atoms with Gasteiger partial charge in [0.05, 0.1) is 18.2 Å². The van der Waals surface area contributed by atoms with Crippen LogP contribution in [0.4, 0.5) is 5.69 Å². The van der Waals surface area contributed by atoms with Crippen molar-refractivity contribution in [1.29, 1.82) is 5.26 Å². The normalized spacial score (nSPS) is 14.4. The number of benzene rings is 2. The van der Waals surface area contributed by atoms with Crippen LogP contribution in [0.1, 0.15) is 24.5 Å². The van der Waals surface area contributed by atoms with Gasteiger partial charge in [-0.3, -0.25) is 4.90 Å². The Hall–Kier alpha value is -4.10. The second-order valence-electron chi connectivity index (χ2n) is 7.02. The molecular weight excluding hydrogens is 380 g/mol. The van der Waals surface area contributed by atoms with Gasteiger partial charge in [0, 0.05) is 17.0 Å². The topological polar surface area (TPSA) is 51.4 Å². The lowest BCUT2D eigenvalue weighted by atomic mass is 9.98. The molecule has 2 aromatic carbocycles.